The minimum atomic E-state index is -0.630. The number of benzene rings is 2. The predicted octanol–water partition coefficient (Wildman–Crippen LogP) is 3.04. The van der Waals surface area contributed by atoms with Crippen LogP contribution in [0.1, 0.15) is 23.2 Å². The second-order valence-corrected chi connectivity index (χ2v) is 7.35. The van der Waals surface area contributed by atoms with Crippen LogP contribution in [-0.4, -0.2) is 49.7 Å². The lowest BCUT2D eigenvalue weighted by atomic mass is 9.90. The molecule has 4 rings (SSSR count). The number of fused-ring (bicyclic) bond motifs is 1. The molecule has 2 heterocycles. The fraction of sp³-hybridized carbons (Fsp3) is 0.333. The summed E-state index contributed by atoms with van der Waals surface area (Å²) in [6.45, 7) is 0.939. The van der Waals surface area contributed by atoms with Gasteiger partial charge >= 0.3 is 6.03 Å². The highest BCUT2D eigenvalue weighted by Gasteiger charge is 2.44. The van der Waals surface area contributed by atoms with Crippen molar-refractivity contribution in [3.8, 4) is 5.75 Å². The van der Waals surface area contributed by atoms with Gasteiger partial charge in [0, 0.05) is 38.7 Å². The van der Waals surface area contributed by atoms with Crippen molar-refractivity contribution in [1.82, 2.24) is 10.2 Å². The summed E-state index contributed by atoms with van der Waals surface area (Å²) in [6.07, 6.45) is 1.09. The van der Waals surface area contributed by atoms with E-state index in [4.69, 9.17) is 4.74 Å². The molecule has 8 heteroatoms. The lowest BCUT2D eigenvalue weighted by Crippen LogP contribution is -2.67. The number of hydrogen-bond acceptors (Lipinski definition) is 4. The first-order valence-corrected chi connectivity index (χ1v) is 9.48. The smallest absolute Gasteiger partial charge is 0.321 e. The van der Waals surface area contributed by atoms with Gasteiger partial charge in [0.1, 0.15) is 17.2 Å². The number of carbonyl (C=O) groups excluding carboxylic acids is 2. The third-order valence-corrected chi connectivity index (χ3v) is 5.77. The highest BCUT2D eigenvalue weighted by atomic mass is 19.1. The zero-order valence-electron chi connectivity index (χ0n) is 16.4. The highest BCUT2D eigenvalue weighted by Crippen LogP contribution is 2.36. The monoisotopic (exact) mass is 398 g/mol. The molecule has 0 atom stereocenters. The van der Waals surface area contributed by atoms with Gasteiger partial charge in [-0.15, -0.1) is 0 Å². The van der Waals surface area contributed by atoms with Crippen molar-refractivity contribution in [2.75, 3.05) is 37.5 Å². The predicted molar refractivity (Wildman–Crippen MR) is 108 cm³/mol. The van der Waals surface area contributed by atoms with E-state index < -0.39 is 5.66 Å². The van der Waals surface area contributed by atoms with Gasteiger partial charge in [0.2, 0.25) is 0 Å². The maximum absolute atomic E-state index is 13.7. The van der Waals surface area contributed by atoms with E-state index in [2.05, 4.69) is 10.6 Å². The first-order chi connectivity index (χ1) is 13.9. The number of rotatable bonds is 2. The van der Waals surface area contributed by atoms with Gasteiger partial charge in [0.25, 0.3) is 5.91 Å². The number of anilines is 2. The molecule has 152 valence electrons. The van der Waals surface area contributed by atoms with Crippen LogP contribution in [0, 0.1) is 5.82 Å². The Hall–Kier alpha value is -3.29. The van der Waals surface area contributed by atoms with Gasteiger partial charge in [-0.3, -0.25) is 4.79 Å². The van der Waals surface area contributed by atoms with Crippen molar-refractivity contribution in [3.63, 3.8) is 0 Å². The zero-order chi connectivity index (χ0) is 20.6. The molecule has 2 aliphatic heterocycles. The number of carbonyl (C=O) groups is 2. The van der Waals surface area contributed by atoms with E-state index in [-0.39, 0.29) is 17.8 Å². The second-order valence-electron chi connectivity index (χ2n) is 7.35. The number of hydrogen-bond donors (Lipinski definition) is 2. The largest absolute Gasteiger partial charge is 0.497 e. The van der Waals surface area contributed by atoms with E-state index in [0.717, 1.165) is 5.75 Å². The maximum Gasteiger partial charge on any atom is 0.321 e. The third-order valence-electron chi connectivity index (χ3n) is 5.77. The fourth-order valence-corrected chi connectivity index (χ4v) is 3.98. The summed E-state index contributed by atoms with van der Waals surface area (Å²) in [7, 11) is 3.44. The number of methoxy groups -OCH3 is 1. The summed E-state index contributed by atoms with van der Waals surface area (Å²) < 4.78 is 18.9. The van der Waals surface area contributed by atoms with Gasteiger partial charge < -0.3 is 25.2 Å². The van der Waals surface area contributed by atoms with Crippen LogP contribution < -0.4 is 20.3 Å². The van der Waals surface area contributed by atoms with E-state index in [1.54, 1.807) is 36.3 Å². The number of likely N-dealkylation sites (tertiary alicyclic amines) is 1. The minimum Gasteiger partial charge on any atom is -0.497 e. The molecule has 0 unspecified atom stereocenters. The Morgan fingerprint density at radius 3 is 2.52 bits per heavy atom. The van der Waals surface area contributed by atoms with Crippen molar-refractivity contribution in [3.05, 3.63) is 53.8 Å². The van der Waals surface area contributed by atoms with Crippen LogP contribution in [0.15, 0.2) is 42.5 Å². The summed E-state index contributed by atoms with van der Waals surface area (Å²) in [5, 5.41) is 5.95. The van der Waals surface area contributed by atoms with E-state index in [1.165, 1.54) is 18.2 Å². The minimum absolute atomic E-state index is 0.193. The Labute approximate surface area is 168 Å². The third kappa shape index (κ3) is 3.46. The number of piperidine rings is 1. The molecular weight excluding hydrogens is 375 g/mol. The van der Waals surface area contributed by atoms with Crippen molar-refractivity contribution in [1.29, 1.82) is 0 Å². The molecule has 2 N–H and O–H groups in total. The number of urea groups is 1. The average Bonchev–Trinajstić information content (AvgIpc) is 2.73. The van der Waals surface area contributed by atoms with Gasteiger partial charge in [0.05, 0.1) is 18.4 Å². The topological polar surface area (TPSA) is 73.9 Å². The van der Waals surface area contributed by atoms with E-state index in [0.29, 0.717) is 42.9 Å². The SMILES string of the molecule is COc1ccc(NC(=O)N2CCC3(CC2)NC(=O)c2ccc(F)cc2N3C)cc1. The van der Waals surface area contributed by atoms with Crippen molar-refractivity contribution in [2.45, 2.75) is 18.5 Å². The van der Waals surface area contributed by atoms with Gasteiger partial charge in [-0.05, 0) is 42.5 Å². The summed E-state index contributed by atoms with van der Waals surface area (Å²) in [5.74, 6) is 0.127. The molecule has 1 spiro atoms. The van der Waals surface area contributed by atoms with Crippen molar-refractivity contribution in [2.24, 2.45) is 0 Å². The molecule has 7 nitrogen and oxygen atoms in total. The number of nitrogens with zero attached hydrogens (tertiary/aromatic N) is 2. The highest BCUT2D eigenvalue weighted by molar-refractivity contribution is 6.02. The van der Waals surface area contributed by atoms with Crippen LogP contribution in [0.4, 0.5) is 20.6 Å². The van der Waals surface area contributed by atoms with Gasteiger partial charge in [-0.1, -0.05) is 0 Å². The van der Waals surface area contributed by atoms with E-state index >= 15 is 0 Å². The summed E-state index contributed by atoms with van der Waals surface area (Å²) in [6, 6.07) is 11.1. The van der Waals surface area contributed by atoms with Crippen LogP contribution in [0.3, 0.4) is 0 Å². The summed E-state index contributed by atoms with van der Waals surface area (Å²) >= 11 is 0. The van der Waals surface area contributed by atoms with Crippen LogP contribution in [0.2, 0.25) is 0 Å². The average molecular weight is 398 g/mol. The summed E-state index contributed by atoms with van der Waals surface area (Å²) in [4.78, 5) is 28.8. The van der Waals surface area contributed by atoms with Crippen molar-refractivity contribution < 1.29 is 18.7 Å². The summed E-state index contributed by atoms with van der Waals surface area (Å²) in [5.41, 5.74) is 1.09. The molecule has 29 heavy (non-hydrogen) atoms. The van der Waals surface area contributed by atoms with E-state index in [9.17, 15) is 14.0 Å². The molecule has 2 aromatic carbocycles. The first-order valence-electron chi connectivity index (χ1n) is 9.48. The van der Waals surface area contributed by atoms with Gasteiger partial charge in [-0.25, -0.2) is 9.18 Å². The number of halogens is 1. The van der Waals surface area contributed by atoms with Crippen molar-refractivity contribution >= 4 is 23.3 Å². The standard InChI is InChI=1S/C21H23FN4O3/c1-25-18-13-14(22)3-8-17(18)19(27)24-21(25)9-11-26(12-10-21)20(28)23-15-4-6-16(29-2)7-5-15/h3-8,13H,9-12H2,1-2H3,(H,23,28)(H,24,27). The molecule has 0 aliphatic carbocycles. The Balaban J connectivity index is 1.44. The molecule has 0 radical (unpaired) electrons. The Bertz CT molecular complexity index is 939. The molecule has 2 aliphatic rings. The van der Waals surface area contributed by atoms with Crippen LogP contribution >= 0.6 is 0 Å². The fourth-order valence-electron chi connectivity index (χ4n) is 3.98. The van der Waals surface area contributed by atoms with E-state index in [1.807, 2.05) is 11.9 Å². The molecular formula is C21H23FN4O3. The zero-order valence-corrected chi connectivity index (χ0v) is 16.4. The molecule has 2 aromatic rings. The van der Waals surface area contributed by atoms with Crippen LogP contribution in [0.5, 0.6) is 5.75 Å². The lowest BCUT2D eigenvalue weighted by molar-refractivity contribution is 0.0815. The second kappa shape index (κ2) is 7.27. The lowest BCUT2D eigenvalue weighted by Gasteiger charge is -2.51. The van der Waals surface area contributed by atoms with Crippen LogP contribution in [-0.2, 0) is 0 Å². The number of ether oxygens (including phenoxy) is 1. The Morgan fingerprint density at radius 2 is 1.86 bits per heavy atom. The number of nitrogens with one attached hydrogen (secondary N) is 2. The van der Waals surface area contributed by atoms with Crippen LogP contribution in [0.25, 0.3) is 0 Å². The molecule has 3 amide bonds. The Morgan fingerprint density at radius 1 is 1.17 bits per heavy atom. The van der Waals surface area contributed by atoms with Gasteiger partial charge in [-0.2, -0.15) is 0 Å². The normalized spacial score (nSPS) is 17.6. The number of amides is 3. The Kier molecular flexibility index (Phi) is 4.77. The van der Waals surface area contributed by atoms with Gasteiger partial charge in [0.15, 0.2) is 0 Å². The molecule has 1 saturated heterocycles. The maximum atomic E-state index is 13.7. The molecule has 0 saturated carbocycles. The first kappa shape index (κ1) is 19.0. The molecule has 0 bridgehead atoms. The quantitative estimate of drug-likeness (QED) is 0.816. The molecule has 0 aromatic heterocycles. The molecule has 1 fully saturated rings.